The molecule has 2 fully saturated rings. The molecule has 0 unspecified atom stereocenters. The molecule has 1 aliphatic carbocycles. The molecule has 3 aromatic rings. The summed E-state index contributed by atoms with van der Waals surface area (Å²) in [5.41, 5.74) is 1.01. The van der Waals surface area contributed by atoms with Gasteiger partial charge in [0.15, 0.2) is 0 Å². The van der Waals surface area contributed by atoms with Crippen LogP contribution in [0.3, 0.4) is 0 Å². The highest BCUT2D eigenvalue weighted by Gasteiger charge is 2.31. The lowest BCUT2D eigenvalue weighted by atomic mass is 9.85. The highest BCUT2D eigenvalue weighted by Crippen LogP contribution is 2.30. The third kappa shape index (κ3) is 5.47. The molecule has 2 N–H and O–H groups in total. The van der Waals surface area contributed by atoms with Gasteiger partial charge in [0.25, 0.3) is 0 Å². The zero-order valence-corrected chi connectivity index (χ0v) is 20.8. The Kier molecular flexibility index (Phi) is 7.67. The first-order chi connectivity index (χ1) is 17.6. The Hall–Kier alpha value is -3.17. The number of methoxy groups -OCH3 is 1. The summed E-state index contributed by atoms with van der Waals surface area (Å²) in [4.78, 5) is 24.1. The maximum atomic E-state index is 12.9. The van der Waals surface area contributed by atoms with Gasteiger partial charge < -0.3 is 29.4 Å². The molecule has 5 rings (SSSR count). The van der Waals surface area contributed by atoms with Gasteiger partial charge in [-0.05, 0) is 62.8 Å². The Labute approximate surface area is 211 Å². The molecule has 2 aliphatic rings. The Bertz CT molecular complexity index is 1170. The number of aliphatic hydroxyl groups is 1. The predicted molar refractivity (Wildman–Crippen MR) is 137 cm³/mol. The number of anilines is 1. The first-order valence-corrected chi connectivity index (χ1v) is 12.9. The summed E-state index contributed by atoms with van der Waals surface area (Å²) >= 11 is 0. The van der Waals surface area contributed by atoms with Crippen molar-refractivity contribution in [1.82, 2.24) is 19.4 Å². The fourth-order valence-electron chi connectivity index (χ4n) is 5.26. The van der Waals surface area contributed by atoms with Crippen LogP contribution in [0.2, 0.25) is 0 Å². The number of aromatic nitrogens is 3. The second-order valence-electron chi connectivity index (χ2n) is 9.70. The van der Waals surface area contributed by atoms with E-state index in [0.29, 0.717) is 45.1 Å². The summed E-state index contributed by atoms with van der Waals surface area (Å²) in [5, 5.41) is 14.2. The van der Waals surface area contributed by atoms with Crippen molar-refractivity contribution in [2.24, 2.45) is 5.92 Å². The van der Waals surface area contributed by atoms with Gasteiger partial charge in [0.1, 0.15) is 18.2 Å². The van der Waals surface area contributed by atoms with E-state index in [1.165, 1.54) is 0 Å². The molecule has 36 heavy (non-hydrogen) atoms. The van der Waals surface area contributed by atoms with Crippen molar-refractivity contribution in [3.05, 3.63) is 42.7 Å². The molecular weight excluding hydrogens is 458 g/mol. The van der Waals surface area contributed by atoms with Crippen molar-refractivity contribution in [3.8, 4) is 11.6 Å². The fourth-order valence-corrected chi connectivity index (χ4v) is 5.26. The molecule has 2 aromatic heterocycles. The van der Waals surface area contributed by atoms with Crippen molar-refractivity contribution >= 4 is 22.8 Å². The molecule has 0 radical (unpaired) electrons. The number of ether oxygens (including phenoxy) is 2. The summed E-state index contributed by atoms with van der Waals surface area (Å²) < 4.78 is 13.0. The molecule has 9 nitrogen and oxygen atoms in total. The van der Waals surface area contributed by atoms with Gasteiger partial charge >= 0.3 is 0 Å². The monoisotopic (exact) mass is 493 g/mol. The minimum atomic E-state index is -0.259. The molecule has 9 heteroatoms. The average Bonchev–Trinajstić information content (AvgIpc) is 3.35. The lowest BCUT2D eigenvalue weighted by Gasteiger charge is -2.35. The Balaban J connectivity index is 1.21. The van der Waals surface area contributed by atoms with Crippen LogP contribution in [-0.4, -0.2) is 76.0 Å². The number of carbonyl (C=O) groups is 1. The van der Waals surface area contributed by atoms with E-state index < -0.39 is 0 Å². The van der Waals surface area contributed by atoms with Crippen LogP contribution in [0.25, 0.3) is 16.7 Å². The van der Waals surface area contributed by atoms with E-state index in [2.05, 4.69) is 16.4 Å². The van der Waals surface area contributed by atoms with Crippen LogP contribution in [-0.2, 0) is 9.53 Å². The smallest absolute Gasteiger partial charge is 0.225 e. The highest BCUT2D eigenvalue weighted by atomic mass is 16.5. The molecule has 0 bridgehead atoms. The summed E-state index contributed by atoms with van der Waals surface area (Å²) in [6.07, 6.45) is 8.44. The van der Waals surface area contributed by atoms with E-state index in [-0.39, 0.29) is 24.0 Å². The summed E-state index contributed by atoms with van der Waals surface area (Å²) in [7, 11) is 1.66. The fraction of sp³-hybridized carbons (Fsp3) is 0.519. The normalized spacial score (nSPS) is 21.0. The van der Waals surface area contributed by atoms with Crippen LogP contribution in [0.5, 0.6) is 5.75 Å². The van der Waals surface area contributed by atoms with Crippen molar-refractivity contribution in [1.29, 1.82) is 0 Å². The first kappa shape index (κ1) is 24.5. The molecule has 3 heterocycles. The van der Waals surface area contributed by atoms with Crippen LogP contribution in [0.1, 0.15) is 38.5 Å². The number of rotatable bonds is 8. The first-order valence-electron chi connectivity index (χ1n) is 12.9. The molecule has 1 aliphatic heterocycles. The zero-order valence-electron chi connectivity index (χ0n) is 20.8. The van der Waals surface area contributed by atoms with Crippen LogP contribution in [0.4, 0.5) is 5.95 Å². The third-order valence-electron chi connectivity index (χ3n) is 7.31. The molecule has 1 saturated heterocycles. The van der Waals surface area contributed by atoms with Crippen molar-refractivity contribution in [3.63, 3.8) is 0 Å². The summed E-state index contributed by atoms with van der Waals surface area (Å²) in [6, 6.07) is 10.2. The molecular formula is C27H35N5O4. The van der Waals surface area contributed by atoms with Gasteiger partial charge in [0, 0.05) is 49.9 Å². The van der Waals surface area contributed by atoms with Gasteiger partial charge in [-0.25, -0.2) is 4.98 Å². The minimum Gasteiger partial charge on any atom is -0.490 e. The summed E-state index contributed by atoms with van der Waals surface area (Å²) in [6.45, 7) is 2.38. The number of benzene rings is 1. The Morgan fingerprint density at radius 1 is 1.08 bits per heavy atom. The van der Waals surface area contributed by atoms with Gasteiger partial charge in [0.05, 0.1) is 18.2 Å². The lowest BCUT2D eigenvalue weighted by Crippen LogP contribution is -2.44. The topological polar surface area (TPSA) is 102 Å². The quantitative estimate of drug-likeness (QED) is 0.464. The van der Waals surface area contributed by atoms with Gasteiger partial charge in [-0.2, -0.15) is 4.98 Å². The van der Waals surface area contributed by atoms with Gasteiger partial charge in [-0.15, -0.1) is 0 Å². The van der Waals surface area contributed by atoms with Crippen molar-refractivity contribution in [2.45, 2.75) is 50.7 Å². The van der Waals surface area contributed by atoms with Gasteiger partial charge in [0.2, 0.25) is 11.9 Å². The van der Waals surface area contributed by atoms with E-state index in [0.717, 1.165) is 48.2 Å². The lowest BCUT2D eigenvalue weighted by molar-refractivity contribution is -0.138. The zero-order chi connectivity index (χ0) is 24.9. The summed E-state index contributed by atoms with van der Waals surface area (Å²) in [5.74, 6) is 2.54. The van der Waals surface area contributed by atoms with E-state index in [1.807, 2.05) is 39.9 Å². The van der Waals surface area contributed by atoms with Crippen LogP contribution >= 0.6 is 0 Å². The number of likely N-dealkylation sites (tertiary alicyclic amines) is 1. The number of amides is 1. The standard InChI is InChI=1S/C27H35N5O4/c1-35-17-18-36-24-4-2-3-23-22(24)12-16-32(23)25-9-13-28-27(30-25)29-20-7-5-19(6-8-20)26(34)31-14-10-21(33)11-15-31/h2-4,9,12-13,16,19-21,33H,5-8,10-11,14-15,17-18H2,1H3,(H,28,29,30)/t19-,20-. The van der Waals surface area contributed by atoms with E-state index in [9.17, 15) is 9.90 Å². The number of piperidine rings is 1. The highest BCUT2D eigenvalue weighted by molar-refractivity contribution is 5.87. The van der Waals surface area contributed by atoms with Gasteiger partial charge in [-0.3, -0.25) is 4.79 Å². The second kappa shape index (κ2) is 11.3. The molecule has 0 atom stereocenters. The molecule has 1 amide bonds. The van der Waals surface area contributed by atoms with E-state index in [4.69, 9.17) is 14.5 Å². The van der Waals surface area contributed by atoms with Gasteiger partial charge in [-0.1, -0.05) is 6.07 Å². The Morgan fingerprint density at radius 2 is 1.89 bits per heavy atom. The van der Waals surface area contributed by atoms with E-state index in [1.54, 1.807) is 13.3 Å². The second-order valence-corrected chi connectivity index (χ2v) is 9.70. The minimum absolute atomic E-state index is 0.0806. The number of hydrogen-bond donors (Lipinski definition) is 2. The van der Waals surface area contributed by atoms with Crippen LogP contribution in [0, 0.1) is 5.92 Å². The SMILES string of the molecule is COCCOc1cccc2c1ccn2-c1ccnc(N[C@H]2CC[C@H](C(=O)N3CCC(O)CC3)CC2)n1. The maximum absolute atomic E-state index is 12.9. The predicted octanol–water partition coefficient (Wildman–Crippen LogP) is 3.40. The van der Waals surface area contributed by atoms with E-state index >= 15 is 0 Å². The average molecular weight is 494 g/mol. The molecule has 0 spiro atoms. The molecule has 1 saturated carbocycles. The number of fused-ring (bicyclic) bond motifs is 1. The molecule has 192 valence electrons. The van der Waals surface area contributed by atoms with Crippen molar-refractivity contribution < 1.29 is 19.4 Å². The largest absolute Gasteiger partial charge is 0.490 e. The third-order valence-corrected chi connectivity index (χ3v) is 7.31. The number of nitrogens with zero attached hydrogens (tertiary/aromatic N) is 4. The number of aliphatic hydroxyl groups excluding tert-OH is 1. The van der Waals surface area contributed by atoms with Crippen LogP contribution in [0.15, 0.2) is 42.7 Å². The number of carbonyl (C=O) groups excluding carboxylic acids is 1. The van der Waals surface area contributed by atoms with Crippen LogP contribution < -0.4 is 10.1 Å². The number of nitrogens with one attached hydrogen (secondary N) is 1. The maximum Gasteiger partial charge on any atom is 0.225 e. The number of hydrogen-bond acceptors (Lipinski definition) is 7. The Morgan fingerprint density at radius 3 is 2.67 bits per heavy atom. The van der Waals surface area contributed by atoms with Crippen molar-refractivity contribution in [2.75, 3.05) is 38.7 Å². The molecule has 1 aromatic carbocycles.